The number of rotatable bonds is 2. The molecule has 6 nitrogen and oxygen atoms in total. The van der Waals surface area contributed by atoms with Gasteiger partial charge in [-0.2, -0.15) is 0 Å². The highest BCUT2D eigenvalue weighted by molar-refractivity contribution is 5.81. The van der Waals surface area contributed by atoms with Gasteiger partial charge in [-0.05, 0) is 36.6 Å². The van der Waals surface area contributed by atoms with Crippen molar-refractivity contribution >= 4 is 11.9 Å². The molecule has 0 radical (unpaired) electrons. The Labute approximate surface area is 141 Å². The van der Waals surface area contributed by atoms with E-state index in [2.05, 4.69) is 19.9 Å². The van der Waals surface area contributed by atoms with E-state index in [0.717, 1.165) is 31.9 Å². The Bertz CT molecular complexity index is 713. The highest BCUT2D eigenvalue weighted by Gasteiger charge is 2.52. The minimum Gasteiger partial charge on any atom is -0.341 e. The van der Waals surface area contributed by atoms with Gasteiger partial charge in [0, 0.05) is 57.3 Å². The lowest BCUT2D eigenvalue weighted by atomic mass is 9.74. The summed E-state index contributed by atoms with van der Waals surface area (Å²) in [5.41, 5.74) is 1.11. The molecule has 2 saturated heterocycles. The number of nitrogens with zero attached hydrogens (tertiary/aromatic N) is 5. The third-order valence-corrected chi connectivity index (χ3v) is 5.64. The fourth-order valence-corrected chi connectivity index (χ4v) is 4.24. The Balaban J connectivity index is 1.60. The molecule has 2 aromatic rings. The predicted molar refractivity (Wildman–Crippen MR) is 90.6 cm³/mol. The van der Waals surface area contributed by atoms with Gasteiger partial charge in [0.2, 0.25) is 11.9 Å². The number of carbonyl (C=O) groups is 1. The first kappa shape index (κ1) is 15.1. The van der Waals surface area contributed by atoms with Crippen molar-refractivity contribution in [1.29, 1.82) is 0 Å². The maximum absolute atomic E-state index is 12.5. The molecule has 2 aliphatic heterocycles. The van der Waals surface area contributed by atoms with Crippen LogP contribution in [0, 0.1) is 0 Å². The molecule has 0 bridgehead atoms. The van der Waals surface area contributed by atoms with Crippen LogP contribution in [0.2, 0.25) is 0 Å². The minimum atomic E-state index is -0.107. The summed E-state index contributed by atoms with van der Waals surface area (Å²) < 4.78 is 0. The topological polar surface area (TPSA) is 62.2 Å². The van der Waals surface area contributed by atoms with Crippen LogP contribution in [0.3, 0.4) is 0 Å². The van der Waals surface area contributed by atoms with Gasteiger partial charge in [0.25, 0.3) is 0 Å². The quantitative estimate of drug-likeness (QED) is 0.844. The zero-order valence-corrected chi connectivity index (χ0v) is 13.8. The van der Waals surface area contributed by atoms with Crippen molar-refractivity contribution in [3.05, 3.63) is 48.5 Å². The van der Waals surface area contributed by atoms with Gasteiger partial charge in [-0.3, -0.25) is 9.78 Å². The van der Waals surface area contributed by atoms with Gasteiger partial charge in [-0.1, -0.05) is 0 Å². The van der Waals surface area contributed by atoms with Gasteiger partial charge in [-0.25, -0.2) is 9.97 Å². The highest BCUT2D eigenvalue weighted by Crippen LogP contribution is 2.48. The molecule has 2 aliphatic rings. The fraction of sp³-hybridized carbons (Fsp3) is 0.444. The molecule has 6 heteroatoms. The average Bonchev–Trinajstić information content (AvgIpc) is 2.89. The molecular formula is C18H21N5O. The van der Waals surface area contributed by atoms with Crippen molar-refractivity contribution in [2.75, 3.05) is 25.0 Å². The molecule has 4 heterocycles. The molecular weight excluding hydrogens is 302 g/mol. The molecule has 1 unspecified atom stereocenters. The van der Waals surface area contributed by atoms with Crippen LogP contribution in [0.5, 0.6) is 0 Å². The first-order chi connectivity index (χ1) is 11.7. The second kappa shape index (κ2) is 5.85. The number of amides is 1. The van der Waals surface area contributed by atoms with Crippen molar-refractivity contribution < 1.29 is 4.79 Å². The van der Waals surface area contributed by atoms with E-state index < -0.39 is 0 Å². The van der Waals surface area contributed by atoms with Crippen LogP contribution in [-0.4, -0.2) is 51.4 Å². The van der Waals surface area contributed by atoms with Gasteiger partial charge in [0.1, 0.15) is 0 Å². The van der Waals surface area contributed by atoms with Crippen molar-refractivity contribution in [3.8, 4) is 0 Å². The summed E-state index contributed by atoms with van der Waals surface area (Å²) in [7, 11) is 1.96. The summed E-state index contributed by atoms with van der Waals surface area (Å²) in [4.78, 5) is 29.5. The Morgan fingerprint density at radius 2 is 1.75 bits per heavy atom. The van der Waals surface area contributed by atoms with Gasteiger partial charge >= 0.3 is 0 Å². The highest BCUT2D eigenvalue weighted by atomic mass is 16.2. The first-order valence-corrected chi connectivity index (χ1v) is 8.39. The van der Waals surface area contributed by atoms with Gasteiger partial charge in [0.05, 0.1) is 5.54 Å². The molecule has 2 fully saturated rings. The Morgan fingerprint density at radius 1 is 1.08 bits per heavy atom. The monoisotopic (exact) mass is 323 g/mol. The van der Waals surface area contributed by atoms with Crippen LogP contribution in [-0.2, 0) is 4.79 Å². The van der Waals surface area contributed by atoms with E-state index in [0.29, 0.717) is 6.42 Å². The maximum atomic E-state index is 12.5. The van der Waals surface area contributed by atoms with Crippen molar-refractivity contribution in [3.63, 3.8) is 0 Å². The van der Waals surface area contributed by atoms with Gasteiger partial charge in [-0.15, -0.1) is 0 Å². The molecule has 1 amide bonds. The van der Waals surface area contributed by atoms with E-state index in [1.165, 1.54) is 5.56 Å². The molecule has 0 aromatic carbocycles. The van der Waals surface area contributed by atoms with Crippen LogP contribution in [0.1, 0.15) is 30.7 Å². The Kier molecular flexibility index (Phi) is 3.67. The van der Waals surface area contributed by atoms with Crippen LogP contribution in [0.15, 0.2) is 43.0 Å². The number of hydrogen-bond acceptors (Lipinski definition) is 5. The van der Waals surface area contributed by atoms with Crippen molar-refractivity contribution in [2.24, 2.45) is 0 Å². The largest absolute Gasteiger partial charge is 0.341 e. The number of aromatic nitrogens is 3. The first-order valence-electron chi connectivity index (χ1n) is 8.39. The Morgan fingerprint density at radius 3 is 2.42 bits per heavy atom. The third-order valence-electron chi connectivity index (χ3n) is 5.64. The Hall–Kier alpha value is -2.50. The summed E-state index contributed by atoms with van der Waals surface area (Å²) in [6, 6.07) is 5.93. The lowest BCUT2D eigenvalue weighted by molar-refractivity contribution is -0.130. The fourth-order valence-electron chi connectivity index (χ4n) is 4.24. The number of piperidine rings is 1. The summed E-state index contributed by atoms with van der Waals surface area (Å²) >= 11 is 0. The van der Waals surface area contributed by atoms with E-state index >= 15 is 0 Å². The zero-order valence-electron chi connectivity index (χ0n) is 13.8. The molecule has 0 aliphatic carbocycles. The number of likely N-dealkylation sites (tertiary alicyclic amines) is 1. The van der Waals surface area contributed by atoms with Gasteiger partial charge < -0.3 is 9.80 Å². The second-order valence-electron chi connectivity index (χ2n) is 6.63. The molecule has 1 spiro atoms. The van der Waals surface area contributed by atoms with E-state index in [9.17, 15) is 4.79 Å². The molecule has 0 saturated carbocycles. The molecule has 24 heavy (non-hydrogen) atoms. The van der Waals surface area contributed by atoms with E-state index in [1.54, 1.807) is 12.4 Å². The van der Waals surface area contributed by atoms with E-state index in [4.69, 9.17) is 0 Å². The van der Waals surface area contributed by atoms with Crippen molar-refractivity contribution in [2.45, 2.75) is 30.7 Å². The molecule has 2 aromatic heterocycles. The minimum absolute atomic E-state index is 0.107. The number of carbonyl (C=O) groups excluding carboxylic acids is 1. The van der Waals surface area contributed by atoms with Crippen LogP contribution < -0.4 is 4.90 Å². The van der Waals surface area contributed by atoms with Crippen LogP contribution in [0.25, 0.3) is 0 Å². The summed E-state index contributed by atoms with van der Waals surface area (Å²) in [5, 5.41) is 0. The summed E-state index contributed by atoms with van der Waals surface area (Å²) in [6.07, 6.45) is 9.64. The molecule has 4 rings (SSSR count). The number of likely N-dealkylation sites (N-methyl/N-ethyl adjacent to an activating group) is 1. The SMILES string of the molecule is CN1C(=O)CC(c2ccncc2)C12CCN(c1ncccn1)CC2. The van der Waals surface area contributed by atoms with Crippen molar-refractivity contribution in [1.82, 2.24) is 19.9 Å². The maximum Gasteiger partial charge on any atom is 0.225 e. The smallest absolute Gasteiger partial charge is 0.225 e. The number of pyridine rings is 1. The standard InChI is InChI=1S/C18H21N5O/c1-22-16(24)13-15(14-3-9-19-10-4-14)18(22)5-11-23(12-6-18)17-20-7-2-8-21-17/h2-4,7-10,15H,5-6,11-13H2,1H3. The second-order valence-corrected chi connectivity index (χ2v) is 6.63. The normalized spacial score (nSPS) is 23.0. The molecule has 0 N–H and O–H groups in total. The third kappa shape index (κ3) is 2.33. The lowest BCUT2D eigenvalue weighted by Crippen LogP contribution is -2.54. The average molecular weight is 323 g/mol. The van der Waals surface area contributed by atoms with E-state index in [1.807, 2.05) is 42.5 Å². The van der Waals surface area contributed by atoms with Gasteiger partial charge in [0.15, 0.2) is 0 Å². The summed E-state index contributed by atoms with van der Waals surface area (Å²) in [6.45, 7) is 1.73. The molecule has 1 atom stereocenters. The van der Waals surface area contributed by atoms with E-state index in [-0.39, 0.29) is 17.4 Å². The van der Waals surface area contributed by atoms with Crippen LogP contribution >= 0.6 is 0 Å². The molecule has 124 valence electrons. The lowest BCUT2D eigenvalue weighted by Gasteiger charge is -2.46. The number of anilines is 1. The zero-order chi connectivity index (χ0) is 16.6. The van der Waals surface area contributed by atoms with Crippen LogP contribution in [0.4, 0.5) is 5.95 Å². The number of hydrogen-bond donors (Lipinski definition) is 0. The predicted octanol–water partition coefficient (Wildman–Crippen LogP) is 1.86. The summed E-state index contributed by atoms with van der Waals surface area (Å²) in [5.74, 6) is 1.25.